The second-order valence-electron chi connectivity index (χ2n) is 9.82. The van der Waals surface area contributed by atoms with Gasteiger partial charge in [0.25, 0.3) is 6.43 Å². The first-order valence-electron chi connectivity index (χ1n) is 16.2. The minimum atomic E-state index is -4.90. The lowest BCUT2D eigenvalue weighted by Gasteiger charge is -2.14. The number of hydrogen-bond donors (Lipinski definition) is 4. The number of alkyl halides is 11. The first-order chi connectivity index (χ1) is 26.6. The number of ether oxygens (including phenoxy) is 2. The van der Waals surface area contributed by atoms with E-state index in [0.717, 1.165) is 12.1 Å². The Morgan fingerprint density at radius 1 is 0.632 bits per heavy atom. The van der Waals surface area contributed by atoms with Crippen LogP contribution < -0.4 is 30.7 Å². The monoisotopic (exact) mass is 848 g/mol. The molecule has 4 aromatic rings. The van der Waals surface area contributed by atoms with Crippen LogP contribution in [0.4, 0.5) is 65.4 Å². The van der Waals surface area contributed by atoms with Gasteiger partial charge >= 0.3 is 30.2 Å². The van der Waals surface area contributed by atoms with E-state index < -0.39 is 71.6 Å². The molecule has 25 heteroatoms. The van der Waals surface area contributed by atoms with Gasteiger partial charge in [-0.2, -0.15) is 28.7 Å². The number of aromatic nitrogens is 6. The second kappa shape index (κ2) is 22.7. The number of halogens is 11. The van der Waals surface area contributed by atoms with E-state index in [4.69, 9.17) is 11.6 Å². The fourth-order valence-corrected chi connectivity index (χ4v) is 3.80. The number of carbonyl (C=O) groups excluding carboxylic acids is 2. The summed E-state index contributed by atoms with van der Waals surface area (Å²) in [4.78, 5) is 44.4. The number of anilines is 2. The summed E-state index contributed by atoms with van der Waals surface area (Å²) in [6, 6.07) is 8.51. The lowest BCUT2D eigenvalue weighted by Crippen LogP contribution is -2.30. The highest BCUT2D eigenvalue weighted by Gasteiger charge is 2.34. The predicted molar refractivity (Wildman–Crippen MR) is 184 cm³/mol. The van der Waals surface area contributed by atoms with Gasteiger partial charge < -0.3 is 20.1 Å². The third kappa shape index (κ3) is 19.1. The zero-order chi connectivity index (χ0) is 43.6. The molecule has 314 valence electrons. The van der Waals surface area contributed by atoms with Gasteiger partial charge in [-0.15, -0.1) is 26.3 Å². The fourth-order valence-electron chi connectivity index (χ4n) is 3.71. The number of urea groups is 2. The predicted octanol–water partition coefficient (Wildman–Crippen LogP) is 9.08. The molecule has 0 aliphatic rings. The van der Waals surface area contributed by atoms with E-state index in [1.54, 1.807) is 0 Å². The topological polar surface area (TPSA) is 178 Å². The number of carbonyl (C=O) groups is 2. The molecule has 4 rings (SSSR count). The van der Waals surface area contributed by atoms with Crippen molar-refractivity contribution in [1.82, 2.24) is 40.5 Å². The molecule has 4 amide bonds. The van der Waals surface area contributed by atoms with E-state index in [1.807, 2.05) is 27.7 Å². The van der Waals surface area contributed by atoms with Crippen molar-refractivity contribution in [3.63, 3.8) is 0 Å². The summed E-state index contributed by atoms with van der Waals surface area (Å²) >= 11 is 4.83. The molecule has 0 fully saturated rings. The van der Waals surface area contributed by atoms with Crippen LogP contribution >= 0.6 is 11.6 Å². The highest BCUT2D eigenvalue weighted by Crippen LogP contribution is 2.30. The van der Waals surface area contributed by atoms with Crippen molar-refractivity contribution in [3.05, 3.63) is 83.0 Å². The number of para-hydroxylation sites is 2. The zero-order valence-electron chi connectivity index (χ0n) is 30.6. The Morgan fingerprint density at radius 2 is 1.02 bits per heavy atom. The van der Waals surface area contributed by atoms with Crippen molar-refractivity contribution in [2.75, 3.05) is 10.6 Å². The number of hydrogen-bond acceptors (Lipinski definition) is 10. The Bertz CT molecular complexity index is 1890. The van der Waals surface area contributed by atoms with Crippen LogP contribution in [0.15, 0.2) is 48.5 Å². The Labute approximate surface area is 323 Å². The summed E-state index contributed by atoms with van der Waals surface area (Å²) in [7, 11) is 0. The average molecular weight is 849 g/mol. The largest absolute Gasteiger partial charge is 0.573 e. The molecule has 0 bridgehead atoms. The van der Waals surface area contributed by atoms with E-state index in [1.165, 1.54) is 50.2 Å². The van der Waals surface area contributed by atoms with E-state index in [-0.39, 0.29) is 35.9 Å². The molecule has 14 nitrogen and oxygen atoms in total. The SMILES string of the molecule is CC.CC.Cc1nc(NC(=O)NCc2ccccc2OC(F)(F)F)nc(C(F)(F)Cl)n1.Cc1nc(NC(=O)NCc2ccccc2OC(F)(F)F)nc(C(F)F)n1. The molecule has 0 unspecified atom stereocenters. The number of nitrogens with one attached hydrogen (secondary N) is 4. The highest BCUT2D eigenvalue weighted by atomic mass is 35.5. The van der Waals surface area contributed by atoms with Crippen LogP contribution in [-0.2, 0) is 18.5 Å². The van der Waals surface area contributed by atoms with Crippen molar-refractivity contribution >= 4 is 35.6 Å². The number of nitrogens with zero attached hydrogens (tertiary/aromatic N) is 6. The molecule has 2 aromatic heterocycles. The Morgan fingerprint density at radius 3 is 1.40 bits per heavy atom. The second-order valence-corrected chi connectivity index (χ2v) is 10.3. The van der Waals surface area contributed by atoms with Gasteiger partial charge in [0.1, 0.15) is 23.1 Å². The maximum atomic E-state index is 13.1. The molecule has 0 saturated carbocycles. The minimum Gasteiger partial charge on any atom is -0.405 e. The van der Waals surface area contributed by atoms with Crippen LogP contribution in [0.1, 0.15) is 68.5 Å². The van der Waals surface area contributed by atoms with Gasteiger partial charge in [-0.1, -0.05) is 64.1 Å². The molecule has 0 saturated heterocycles. The molecule has 0 spiro atoms. The molecular formula is C32H35ClF10N10O4. The molecule has 0 aliphatic carbocycles. The lowest BCUT2D eigenvalue weighted by molar-refractivity contribution is -0.275. The maximum absolute atomic E-state index is 13.1. The summed E-state index contributed by atoms with van der Waals surface area (Å²) in [5, 5.41) is 4.80. The number of rotatable bonds is 10. The summed E-state index contributed by atoms with van der Waals surface area (Å²) in [5.41, 5.74) is 0.0878. The summed E-state index contributed by atoms with van der Waals surface area (Å²) in [6.07, 6.45) is -12.7. The fraction of sp³-hybridized carbons (Fsp3) is 0.375. The van der Waals surface area contributed by atoms with Crippen molar-refractivity contribution < 1.29 is 63.0 Å². The van der Waals surface area contributed by atoms with Crippen molar-refractivity contribution in [2.24, 2.45) is 0 Å². The molecule has 0 atom stereocenters. The van der Waals surface area contributed by atoms with Crippen LogP contribution in [0.3, 0.4) is 0 Å². The van der Waals surface area contributed by atoms with Crippen molar-refractivity contribution in [1.29, 1.82) is 0 Å². The van der Waals surface area contributed by atoms with E-state index >= 15 is 0 Å². The van der Waals surface area contributed by atoms with Gasteiger partial charge in [0.15, 0.2) is 0 Å². The highest BCUT2D eigenvalue weighted by molar-refractivity contribution is 6.21. The third-order valence-corrected chi connectivity index (χ3v) is 5.86. The Kier molecular flexibility index (Phi) is 19.6. The third-order valence-electron chi connectivity index (χ3n) is 5.69. The molecule has 0 aliphatic heterocycles. The maximum Gasteiger partial charge on any atom is 0.573 e. The van der Waals surface area contributed by atoms with E-state index in [0.29, 0.717) is 0 Å². The normalized spacial score (nSPS) is 11.0. The smallest absolute Gasteiger partial charge is 0.405 e. The van der Waals surface area contributed by atoms with Gasteiger partial charge in [0.05, 0.1) is 0 Å². The average Bonchev–Trinajstić information content (AvgIpc) is 3.11. The molecule has 0 radical (unpaired) electrons. The summed E-state index contributed by atoms with van der Waals surface area (Å²) in [6.45, 7) is 9.95. The van der Waals surface area contributed by atoms with Crippen LogP contribution in [0.5, 0.6) is 11.5 Å². The Hall–Kier alpha value is -5.81. The quantitative estimate of drug-likeness (QED) is 0.0889. The van der Waals surface area contributed by atoms with Crippen LogP contribution in [0.25, 0.3) is 0 Å². The molecule has 2 aromatic carbocycles. The van der Waals surface area contributed by atoms with Gasteiger partial charge in [-0.25, -0.2) is 28.3 Å². The van der Waals surface area contributed by atoms with Crippen LogP contribution in [0, 0.1) is 13.8 Å². The molecule has 57 heavy (non-hydrogen) atoms. The standard InChI is InChI=1S/C14H11ClF5N5O2.C14H12F5N5O2.2C2H6/c1-7-22-10(13(15,16)17)24-11(23-7)25-12(26)21-6-8-4-2-3-5-9(8)27-14(18,19)20;1-7-21-11(10(15)16)23-12(22-7)24-13(25)20-6-8-4-2-3-5-9(8)26-14(17,18)19;2*1-2/h2-5H,6H2,1H3,(H2,21,22,23,24,25,26);2-5,10H,6H2,1H3,(H2,20,21,22,23,24,25);2*1-2H3. The minimum absolute atomic E-state index is 0.0322. The van der Waals surface area contributed by atoms with Crippen LogP contribution in [-0.4, -0.2) is 54.7 Å². The van der Waals surface area contributed by atoms with Crippen LogP contribution in [0.2, 0.25) is 0 Å². The van der Waals surface area contributed by atoms with Gasteiger partial charge in [-0.3, -0.25) is 10.6 Å². The van der Waals surface area contributed by atoms with Crippen molar-refractivity contribution in [3.8, 4) is 11.5 Å². The first kappa shape index (κ1) is 49.2. The number of amides is 4. The number of benzene rings is 2. The summed E-state index contributed by atoms with van der Waals surface area (Å²) < 4.78 is 133. The molecule has 4 N–H and O–H groups in total. The number of aryl methyl sites for hydroxylation is 2. The first-order valence-corrected chi connectivity index (χ1v) is 16.5. The van der Waals surface area contributed by atoms with Gasteiger partial charge in [-0.05, 0) is 37.6 Å². The van der Waals surface area contributed by atoms with Crippen molar-refractivity contribution in [2.45, 2.75) is 79.2 Å². The zero-order valence-corrected chi connectivity index (χ0v) is 31.3. The van der Waals surface area contributed by atoms with Gasteiger partial charge in [0.2, 0.25) is 23.5 Å². The summed E-state index contributed by atoms with van der Waals surface area (Å²) in [5.74, 6) is -3.91. The molecule has 2 heterocycles. The lowest BCUT2D eigenvalue weighted by atomic mass is 10.2. The Balaban J connectivity index is 0.000000525. The molecular weight excluding hydrogens is 814 g/mol. The van der Waals surface area contributed by atoms with E-state index in [9.17, 15) is 53.5 Å². The van der Waals surface area contributed by atoms with Gasteiger partial charge in [0, 0.05) is 24.2 Å². The van der Waals surface area contributed by atoms with E-state index in [2.05, 4.69) is 60.6 Å².